The molecule has 43 heavy (non-hydrogen) atoms. The standard InChI is InChI=1S/C39H29N3Si/c1-43(2)35-20-12-11-19-32(35)34-25-28(21-24-36(34)43)38-40-37(27-15-7-4-8-16-27)41-39(42-38)33-23-22-29(26-13-5-3-6-14-26)30-17-9-10-18-31(30)33/h3-25H,1-2H3. The van der Waals surface area contributed by atoms with Crippen molar-refractivity contribution in [2.45, 2.75) is 13.1 Å². The second kappa shape index (κ2) is 9.97. The fourth-order valence-electron chi connectivity index (χ4n) is 6.56. The van der Waals surface area contributed by atoms with Crippen molar-refractivity contribution >= 4 is 29.2 Å². The first-order valence-corrected chi connectivity index (χ1v) is 17.7. The highest BCUT2D eigenvalue weighted by atomic mass is 28.3. The molecule has 3 nitrogen and oxygen atoms in total. The third kappa shape index (κ3) is 4.22. The molecule has 1 aromatic heterocycles. The molecule has 2 heterocycles. The van der Waals surface area contributed by atoms with Crippen LogP contribution in [-0.4, -0.2) is 23.0 Å². The minimum Gasteiger partial charge on any atom is -0.208 e. The Balaban J connectivity index is 1.34. The lowest BCUT2D eigenvalue weighted by molar-refractivity contribution is 1.08. The zero-order chi connectivity index (χ0) is 29.0. The molecule has 0 aliphatic carbocycles. The maximum absolute atomic E-state index is 5.16. The average Bonchev–Trinajstić information content (AvgIpc) is 3.30. The van der Waals surface area contributed by atoms with Gasteiger partial charge >= 0.3 is 0 Å². The van der Waals surface area contributed by atoms with Gasteiger partial charge in [0.2, 0.25) is 0 Å². The number of nitrogens with zero attached hydrogens (tertiary/aromatic N) is 3. The van der Waals surface area contributed by atoms with Crippen LogP contribution < -0.4 is 10.4 Å². The van der Waals surface area contributed by atoms with Crippen LogP contribution in [-0.2, 0) is 0 Å². The maximum atomic E-state index is 5.16. The van der Waals surface area contributed by atoms with Crippen LogP contribution in [0, 0.1) is 0 Å². The zero-order valence-corrected chi connectivity index (χ0v) is 25.1. The molecule has 0 fully saturated rings. The molecule has 0 bridgehead atoms. The third-order valence-corrected chi connectivity index (χ3v) is 12.3. The van der Waals surface area contributed by atoms with Gasteiger partial charge in [0.15, 0.2) is 17.5 Å². The molecule has 1 aliphatic heterocycles. The van der Waals surface area contributed by atoms with Crippen LogP contribution in [0.2, 0.25) is 13.1 Å². The molecule has 1 aliphatic rings. The van der Waals surface area contributed by atoms with E-state index in [1.807, 2.05) is 18.2 Å². The lowest BCUT2D eigenvalue weighted by Gasteiger charge is -2.18. The van der Waals surface area contributed by atoms with E-state index in [9.17, 15) is 0 Å². The van der Waals surface area contributed by atoms with Crippen LogP contribution in [0.1, 0.15) is 0 Å². The lowest BCUT2D eigenvalue weighted by Crippen LogP contribution is -2.49. The number of hydrogen-bond acceptors (Lipinski definition) is 3. The molecule has 0 radical (unpaired) electrons. The Morgan fingerprint density at radius 2 is 0.907 bits per heavy atom. The Kier molecular flexibility index (Phi) is 5.91. The van der Waals surface area contributed by atoms with Crippen molar-refractivity contribution in [2.75, 3.05) is 0 Å². The summed E-state index contributed by atoms with van der Waals surface area (Å²) in [5.74, 6) is 2.04. The van der Waals surface area contributed by atoms with Gasteiger partial charge in [-0.25, -0.2) is 15.0 Å². The number of aromatic nitrogens is 3. The minimum atomic E-state index is -1.75. The molecule has 7 aromatic rings. The first kappa shape index (κ1) is 25.5. The largest absolute Gasteiger partial charge is 0.208 e. The van der Waals surface area contributed by atoms with E-state index in [-0.39, 0.29) is 0 Å². The predicted molar refractivity (Wildman–Crippen MR) is 181 cm³/mol. The summed E-state index contributed by atoms with van der Waals surface area (Å²) in [7, 11) is -1.75. The van der Waals surface area contributed by atoms with Crippen LogP contribution in [0.3, 0.4) is 0 Å². The topological polar surface area (TPSA) is 38.7 Å². The first-order chi connectivity index (χ1) is 21.1. The van der Waals surface area contributed by atoms with Crippen LogP contribution in [0.4, 0.5) is 0 Å². The molecule has 8 rings (SSSR count). The van der Waals surface area contributed by atoms with Gasteiger partial charge in [0, 0.05) is 16.7 Å². The normalized spacial score (nSPS) is 13.1. The van der Waals surface area contributed by atoms with E-state index in [0.29, 0.717) is 17.5 Å². The summed E-state index contributed by atoms with van der Waals surface area (Å²) in [5.41, 5.74) is 8.01. The Hall–Kier alpha value is -5.19. The highest BCUT2D eigenvalue weighted by molar-refractivity contribution is 7.03. The van der Waals surface area contributed by atoms with E-state index in [1.54, 1.807) is 0 Å². The van der Waals surface area contributed by atoms with E-state index in [2.05, 4.69) is 134 Å². The number of benzene rings is 6. The molecule has 0 spiro atoms. The highest BCUT2D eigenvalue weighted by Crippen LogP contribution is 2.36. The second-order valence-electron chi connectivity index (χ2n) is 11.7. The zero-order valence-electron chi connectivity index (χ0n) is 24.1. The quantitative estimate of drug-likeness (QED) is 0.200. The van der Waals surface area contributed by atoms with E-state index >= 15 is 0 Å². The molecule has 0 atom stereocenters. The van der Waals surface area contributed by atoms with Gasteiger partial charge in [-0.1, -0.05) is 140 Å². The van der Waals surface area contributed by atoms with Crippen LogP contribution >= 0.6 is 0 Å². The Morgan fingerprint density at radius 3 is 1.65 bits per heavy atom. The molecular formula is C39H29N3Si. The van der Waals surface area contributed by atoms with Crippen molar-refractivity contribution in [3.05, 3.63) is 140 Å². The van der Waals surface area contributed by atoms with Gasteiger partial charge in [0.1, 0.15) is 8.07 Å². The number of hydrogen-bond donors (Lipinski definition) is 0. The van der Waals surface area contributed by atoms with Gasteiger partial charge in [-0.3, -0.25) is 0 Å². The first-order valence-electron chi connectivity index (χ1n) is 14.7. The van der Waals surface area contributed by atoms with Crippen molar-refractivity contribution in [2.24, 2.45) is 0 Å². The molecule has 0 N–H and O–H groups in total. The Labute approximate surface area is 252 Å². The summed E-state index contributed by atoms with van der Waals surface area (Å²) >= 11 is 0. The van der Waals surface area contributed by atoms with Crippen molar-refractivity contribution in [3.63, 3.8) is 0 Å². The molecular weight excluding hydrogens is 539 g/mol. The monoisotopic (exact) mass is 567 g/mol. The fraction of sp³-hybridized carbons (Fsp3) is 0.0513. The summed E-state index contributed by atoms with van der Waals surface area (Å²) in [4.78, 5) is 15.3. The van der Waals surface area contributed by atoms with E-state index in [0.717, 1.165) is 22.1 Å². The third-order valence-electron chi connectivity index (χ3n) is 8.76. The van der Waals surface area contributed by atoms with Gasteiger partial charge in [-0.15, -0.1) is 0 Å². The van der Waals surface area contributed by atoms with Gasteiger partial charge in [-0.05, 0) is 55.5 Å². The van der Waals surface area contributed by atoms with Crippen molar-refractivity contribution in [1.82, 2.24) is 15.0 Å². The fourth-order valence-corrected chi connectivity index (χ4v) is 9.64. The number of fused-ring (bicyclic) bond motifs is 4. The van der Waals surface area contributed by atoms with Gasteiger partial charge in [0.25, 0.3) is 0 Å². The summed E-state index contributed by atoms with van der Waals surface area (Å²) in [6, 6.07) is 49.3. The molecule has 0 saturated carbocycles. The summed E-state index contributed by atoms with van der Waals surface area (Å²) in [6.45, 7) is 4.88. The average molecular weight is 568 g/mol. The lowest BCUT2D eigenvalue weighted by atomic mass is 9.94. The number of rotatable bonds is 4. The minimum absolute atomic E-state index is 0.674. The van der Waals surface area contributed by atoms with Crippen molar-refractivity contribution < 1.29 is 0 Å². The van der Waals surface area contributed by atoms with Gasteiger partial charge < -0.3 is 0 Å². The molecule has 4 heteroatoms. The molecule has 204 valence electrons. The molecule has 0 unspecified atom stereocenters. The Bertz CT molecular complexity index is 2150. The van der Waals surface area contributed by atoms with E-state index in [1.165, 1.54) is 38.0 Å². The van der Waals surface area contributed by atoms with Crippen LogP contribution in [0.15, 0.2) is 140 Å². The van der Waals surface area contributed by atoms with Crippen LogP contribution in [0.5, 0.6) is 0 Å². The van der Waals surface area contributed by atoms with Crippen LogP contribution in [0.25, 0.3) is 67.2 Å². The highest BCUT2D eigenvalue weighted by Gasteiger charge is 2.37. The molecule has 6 aromatic carbocycles. The summed E-state index contributed by atoms with van der Waals surface area (Å²) in [5, 5.41) is 5.26. The molecule has 0 saturated heterocycles. The van der Waals surface area contributed by atoms with Crippen molar-refractivity contribution in [1.29, 1.82) is 0 Å². The smallest absolute Gasteiger partial charge is 0.164 e. The van der Waals surface area contributed by atoms with E-state index < -0.39 is 8.07 Å². The molecule has 0 amide bonds. The van der Waals surface area contributed by atoms with E-state index in [4.69, 9.17) is 15.0 Å². The van der Waals surface area contributed by atoms with Gasteiger partial charge in [-0.2, -0.15) is 0 Å². The Morgan fingerprint density at radius 1 is 0.372 bits per heavy atom. The SMILES string of the molecule is C[Si]1(C)c2ccccc2-c2cc(-c3nc(-c4ccccc4)nc(-c4ccc(-c5ccccc5)c5ccccc45)n3)ccc21. The summed E-state index contributed by atoms with van der Waals surface area (Å²) < 4.78 is 0. The second-order valence-corrected chi connectivity index (χ2v) is 16.0. The predicted octanol–water partition coefficient (Wildman–Crippen LogP) is 8.50. The van der Waals surface area contributed by atoms with Crippen molar-refractivity contribution in [3.8, 4) is 56.4 Å². The summed E-state index contributed by atoms with van der Waals surface area (Å²) in [6.07, 6.45) is 0. The van der Waals surface area contributed by atoms with Gasteiger partial charge in [0.05, 0.1) is 0 Å². The maximum Gasteiger partial charge on any atom is 0.164 e.